The van der Waals surface area contributed by atoms with Gasteiger partial charge in [-0.1, -0.05) is 0 Å². The van der Waals surface area contributed by atoms with Crippen LogP contribution in [0.15, 0.2) is 0 Å². The van der Waals surface area contributed by atoms with Crippen molar-refractivity contribution in [3.63, 3.8) is 0 Å². The fourth-order valence-electron chi connectivity index (χ4n) is 0.844. The molecule has 1 nitrogen and oxygen atoms in total. The second kappa shape index (κ2) is 3.02. The van der Waals surface area contributed by atoms with Crippen LogP contribution in [0.5, 0.6) is 0 Å². The summed E-state index contributed by atoms with van der Waals surface area (Å²) in [6.45, 7) is 2.56. The third kappa shape index (κ3) is 2.08. The summed E-state index contributed by atoms with van der Waals surface area (Å²) in [6, 6.07) is 0. The molecule has 0 atom stereocenters. The van der Waals surface area contributed by atoms with Gasteiger partial charge in [0.05, 0.1) is 0 Å². The molecule has 0 unspecified atom stereocenters. The van der Waals surface area contributed by atoms with Crippen molar-refractivity contribution in [2.45, 2.75) is 16.3 Å². The number of hydrogen-bond acceptors (Lipinski definition) is 1. The molecule has 1 aliphatic heterocycles. The first-order valence-corrected chi connectivity index (χ1v) is 5.45. The zero-order valence-corrected chi connectivity index (χ0v) is 8.97. The van der Waals surface area contributed by atoms with Gasteiger partial charge in [0, 0.05) is 0 Å². The summed E-state index contributed by atoms with van der Waals surface area (Å²) < 4.78 is 1.14. The maximum absolute atomic E-state index is 3.34. The Balaban J connectivity index is 2.12. The van der Waals surface area contributed by atoms with Gasteiger partial charge in [-0.15, -0.1) is 0 Å². The van der Waals surface area contributed by atoms with Crippen LogP contribution in [0.25, 0.3) is 0 Å². The second-order valence-electron chi connectivity index (χ2n) is 2.09. The Bertz CT molecular complexity index is 50.0. The Labute approximate surface area is 60.6 Å². The van der Waals surface area contributed by atoms with Gasteiger partial charge in [0.15, 0.2) is 0 Å². The Morgan fingerprint density at radius 3 is 2.14 bits per heavy atom. The summed E-state index contributed by atoms with van der Waals surface area (Å²) in [4.78, 5) is 0. The molecule has 0 aromatic carbocycles. The average molecular weight is 289 g/mol. The number of nitrogens with one attached hydrogen (secondary N) is 1. The third-order valence-corrected chi connectivity index (χ3v) is 3.98. The van der Waals surface area contributed by atoms with E-state index in [1.165, 1.54) is 51.7 Å². The van der Waals surface area contributed by atoms with Gasteiger partial charge in [0.1, 0.15) is 0 Å². The van der Waals surface area contributed by atoms with Crippen molar-refractivity contribution in [2.75, 3.05) is 13.1 Å². The van der Waals surface area contributed by atoms with E-state index in [9.17, 15) is 0 Å². The molecule has 1 fully saturated rings. The van der Waals surface area contributed by atoms with E-state index in [4.69, 9.17) is 0 Å². The Kier molecular flexibility index (Phi) is 2.59. The minimum atomic E-state index is 1.14. The topological polar surface area (TPSA) is 12.0 Å². The van der Waals surface area contributed by atoms with Crippen molar-refractivity contribution < 1.29 is 0 Å². The molecule has 2 heteroatoms. The molecule has 38 valence electrons. The van der Waals surface area contributed by atoms with Crippen LogP contribution in [0.3, 0.4) is 0 Å². The zero-order valence-electron chi connectivity index (χ0n) is 4.48. The first-order valence-electron chi connectivity index (χ1n) is 2.86. The molecule has 1 rings (SSSR count). The first kappa shape index (κ1) is 6.01. The van der Waals surface area contributed by atoms with E-state index in [-0.39, 0.29) is 0 Å². The fraction of sp³-hybridized carbons (Fsp3) is 1.00. The van der Waals surface area contributed by atoms with Crippen LogP contribution >= 0.6 is 0 Å². The molecule has 0 bridgehead atoms. The Hall–Kier alpha value is 0.882. The monoisotopic (exact) mass is 289 g/mol. The summed E-state index contributed by atoms with van der Waals surface area (Å²) in [5, 5.41) is 3.34. The Morgan fingerprint density at radius 1 is 1.29 bits per heavy atom. The van der Waals surface area contributed by atoms with Crippen LogP contribution in [0.4, 0.5) is 0 Å². The van der Waals surface area contributed by atoms with E-state index in [0.29, 0.717) is 0 Å². The number of rotatable bonds is 0. The summed E-state index contributed by atoms with van der Waals surface area (Å²) in [7, 11) is 0. The summed E-state index contributed by atoms with van der Waals surface area (Å²) >= 11 is 1.23. The molecule has 0 spiro atoms. The van der Waals surface area contributed by atoms with E-state index in [2.05, 4.69) is 5.32 Å². The second-order valence-corrected chi connectivity index (χ2v) is 5.75. The van der Waals surface area contributed by atoms with Crippen LogP contribution in [0, 0.1) is 0 Å². The van der Waals surface area contributed by atoms with Gasteiger partial charge in [0.25, 0.3) is 0 Å². The molecule has 0 aromatic rings. The molecular formula is C5H10NTl. The van der Waals surface area contributed by atoms with Crippen LogP contribution in [-0.2, 0) is 0 Å². The molecule has 1 heterocycles. The van der Waals surface area contributed by atoms with E-state index in [1.807, 2.05) is 0 Å². The zero-order chi connectivity index (χ0) is 5.11. The SMILES string of the molecule is [Tl][CH]1CCNCC1. The van der Waals surface area contributed by atoms with E-state index >= 15 is 0 Å². The molecule has 7 heavy (non-hydrogen) atoms. The van der Waals surface area contributed by atoms with Crippen molar-refractivity contribution in [3.05, 3.63) is 0 Å². The molecule has 0 aliphatic carbocycles. The van der Waals surface area contributed by atoms with Crippen molar-refractivity contribution in [3.8, 4) is 0 Å². The van der Waals surface area contributed by atoms with Crippen molar-refractivity contribution in [2.24, 2.45) is 0 Å². The van der Waals surface area contributed by atoms with Crippen molar-refractivity contribution in [1.82, 2.24) is 5.32 Å². The normalized spacial score (nSPS) is 25.0. The maximum atomic E-state index is 3.34. The fourth-order valence-corrected chi connectivity index (χ4v) is 2.14. The quantitative estimate of drug-likeness (QED) is 0.634. The first-order chi connectivity index (χ1) is 3.39. The molecule has 0 radical (unpaired) electrons. The minimum absolute atomic E-state index is 1.14. The standard InChI is InChI=1S/C5H10N.Tl/c1-2-4-6-5-3-1;/h1,6H,2-5H2;. The van der Waals surface area contributed by atoms with Gasteiger partial charge < -0.3 is 0 Å². The van der Waals surface area contributed by atoms with E-state index in [1.54, 1.807) is 0 Å². The number of hydrogen-bond donors (Lipinski definition) is 1. The van der Waals surface area contributed by atoms with E-state index in [0.717, 1.165) is 3.48 Å². The van der Waals surface area contributed by atoms with Gasteiger partial charge in [-0.3, -0.25) is 0 Å². The molecule has 0 saturated carbocycles. The molecule has 0 aromatic heterocycles. The number of piperidine rings is 1. The van der Waals surface area contributed by atoms with Crippen LogP contribution in [0.1, 0.15) is 12.8 Å². The van der Waals surface area contributed by atoms with Crippen molar-refractivity contribution in [1.29, 1.82) is 0 Å². The Morgan fingerprint density at radius 2 is 1.86 bits per heavy atom. The van der Waals surface area contributed by atoms with Gasteiger partial charge in [0.2, 0.25) is 0 Å². The van der Waals surface area contributed by atoms with Gasteiger partial charge >= 0.3 is 60.5 Å². The van der Waals surface area contributed by atoms with Gasteiger partial charge in [-0.25, -0.2) is 0 Å². The van der Waals surface area contributed by atoms with Gasteiger partial charge in [-0.05, 0) is 0 Å². The van der Waals surface area contributed by atoms with Crippen LogP contribution < -0.4 is 5.32 Å². The average Bonchev–Trinajstić information content (AvgIpc) is 1.69. The molecule has 0 amide bonds. The summed E-state index contributed by atoms with van der Waals surface area (Å²) in [5.74, 6) is 0. The summed E-state index contributed by atoms with van der Waals surface area (Å²) in [6.07, 6.45) is 2.90. The van der Waals surface area contributed by atoms with Gasteiger partial charge in [-0.2, -0.15) is 0 Å². The predicted octanol–water partition coefficient (Wildman–Crippen LogP) is 0.327. The molecular weight excluding hydrogens is 278 g/mol. The molecule has 1 N–H and O–H groups in total. The molecule has 1 aliphatic rings. The predicted molar refractivity (Wildman–Crippen MR) is 31.6 cm³/mol. The van der Waals surface area contributed by atoms with Crippen LogP contribution in [0.2, 0.25) is 3.48 Å². The summed E-state index contributed by atoms with van der Waals surface area (Å²) in [5.41, 5.74) is 0. The van der Waals surface area contributed by atoms with Crippen LogP contribution in [-0.4, -0.2) is 38.9 Å². The van der Waals surface area contributed by atoms with E-state index < -0.39 is 0 Å². The van der Waals surface area contributed by atoms with Crippen molar-refractivity contribution >= 4 is 25.8 Å². The third-order valence-electron chi connectivity index (χ3n) is 1.38. The molecule has 1 saturated heterocycles.